The Balaban J connectivity index is 2.03. The van der Waals surface area contributed by atoms with Crippen molar-refractivity contribution < 1.29 is 18.4 Å². The molecule has 25 heavy (non-hydrogen) atoms. The van der Waals surface area contributed by atoms with Crippen molar-refractivity contribution in [1.82, 2.24) is 0 Å². The minimum atomic E-state index is -3.75. The summed E-state index contributed by atoms with van der Waals surface area (Å²) >= 11 is 0. The standard InChI is InChI=1S/C20H21O4P/c1-15(21)19-16(2)24-25(22-13-14-23-25,18-11-7-4-8-12-18)20(19)17-9-5-3-6-10-17/h3-12,20H,13-14H2,1-2H3/t20-/m0/s1. The van der Waals surface area contributed by atoms with Crippen LogP contribution in [0.1, 0.15) is 25.1 Å². The monoisotopic (exact) mass is 356 g/mol. The van der Waals surface area contributed by atoms with E-state index >= 15 is 0 Å². The molecule has 4 rings (SSSR count). The topological polar surface area (TPSA) is 44.8 Å². The number of hydrogen-bond acceptors (Lipinski definition) is 4. The van der Waals surface area contributed by atoms with Crippen molar-refractivity contribution in [2.45, 2.75) is 19.5 Å². The van der Waals surface area contributed by atoms with Gasteiger partial charge in [0.2, 0.25) is 0 Å². The Bertz CT molecular complexity index is 839. The average molecular weight is 356 g/mol. The van der Waals surface area contributed by atoms with Gasteiger partial charge in [0.15, 0.2) is 0 Å². The summed E-state index contributed by atoms with van der Waals surface area (Å²) in [6, 6.07) is 19.7. The maximum absolute atomic E-state index is 12.5. The van der Waals surface area contributed by atoms with Crippen LogP contribution in [-0.4, -0.2) is 19.0 Å². The van der Waals surface area contributed by atoms with Gasteiger partial charge < -0.3 is 0 Å². The van der Waals surface area contributed by atoms with E-state index in [1.807, 2.05) is 67.6 Å². The van der Waals surface area contributed by atoms with Crippen LogP contribution in [0.4, 0.5) is 0 Å². The SMILES string of the molecule is CC(=O)C1=C(C)OP2(c3ccccc3)(OCCO2)[C@H]1c1ccccc1. The van der Waals surface area contributed by atoms with Crippen molar-refractivity contribution in [2.24, 2.45) is 0 Å². The fourth-order valence-corrected chi connectivity index (χ4v) is 8.93. The van der Waals surface area contributed by atoms with Gasteiger partial charge in [-0.3, -0.25) is 0 Å². The van der Waals surface area contributed by atoms with E-state index in [0.29, 0.717) is 24.5 Å². The molecule has 130 valence electrons. The normalized spacial score (nSPS) is 25.4. The minimum absolute atomic E-state index is 0.0112. The summed E-state index contributed by atoms with van der Waals surface area (Å²) in [7, 11) is -3.75. The molecule has 0 N–H and O–H groups in total. The molecule has 5 heteroatoms. The van der Waals surface area contributed by atoms with Crippen LogP contribution in [0, 0.1) is 0 Å². The molecule has 0 unspecified atom stereocenters. The summed E-state index contributed by atoms with van der Waals surface area (Å²) < 4.78 is 19.2. The van der Waals surface area contributed by atoms with Gasteiger partial charge in [0.25, 0.3) is 0 Å². The zero-order valence-corrected chi connectivity index (χ0v) is 15.2. The zero-order chi connectivity index (χ0) is 17.5. The molecule has 4 nitrogen and oxygen atoms in total. The number of Topliss-reactive ketones (excluding diaryl/α,β-unsaturated/α-hetero) is 1. The summed E-state index contributed by atoms with van der Waals surface area (Å²) in [4.78, 5) is 12.5. The first-order valence-corrected chi connectivity index (χ1v) is 10.5. The molecule has 1 fully saturated rings. The summed E-state index contributed by atoms with van der Waals surface area (Å²) in [5.41, 5.74) is 1.26. The molecule has 0 saturated carbocycles. The van der Waals surface area contributed by atoms with E-state index in [2.05, 4.69) is 0 Å². The molecular formula is C20H21O4P. The molecule has 0 bridgehead atoms. The molecular weight excluding hydrogens is 335 g/mol. The number of allylic oxidation sites excluding steroid dienone is 2. The van der Waals surface area contributed by atoms with E-state index in [1.165, 1.54) is 0 Å². The molecule has 0 aliphatic carbocycles. The molecule has 2 aromatic rings. The summed E-state index contributed by atoms with van der Waals surface area (Å²) in [6.45, 7) is 4.32. The van der Waals surface area contributed by atoms with Crippen LogP contribution in [0.3, 0.4) is 0 Å². The summed E-state index contributed by atoms with van der Waals surface area (Å²) in [5.74, 6) is 0.590. The van der Waals surface area contributed by atoms with Gasteiger partial charge in [0.05, 0.1) is 0 Å². The maximum atomic E-state index is 12.5. The van der Waals surface area contributed by atoms with Crippen LogP contribution in [0.25, 0.3) is 0 Å². The number of ketones is 1. The first-order valence-electron chi connectivity index (χ1n) is 8.41. The summed E-state index contributed by atoms with van der Waals surface area (Å²) in [5, 5.41) is 0.885. The third-order valence-corrected chi connectivity index (χ3v) is 9.52. The van der Waals surface area contributed by atoms with Gasteiger partial charge in [-0.1, -0.05) is 0 Å². The average Bonchev–Trinajstić information content (AvgIpc) is 3.18. The molecule has 2 heterocycles. The Kier molecular flexibility index (Phi) is 3.80. The van der Waals surface area contributed by atoms with Gasteiger partial charge in [-0.25, -0.2) is 0 Å². The van der Waals surface area contributed by atoms with Gasteiger partial charge in [0, 0.05) is 0 Å². The Morgan fingerprint density at radius 2 is 1.52 bits per heavy atom. The molecule has 2 aliphatic heterocycles. The van der Waals surface area contributed by atoms with Crippen molar-refractivity contribution in [3.05, 3.63) is 77.6 Å². The van der Waals surface area contributed by atoms with Gasteiger partial charge in [-0.2, -0.15) is 0 Å². The van der Waals surface area contributed by atoms with Crippen molar-refractivity contribution in [3.63, 3.8) is 0 Å². The predicted molar refractivity (Wildman–Crippen MR) is 98.5 cm³/mol. The van der Waals surface area contributed by atoms with E-state index in [9.17, 15) is 4.79 Å². The van der Waals surface area contributed by atoms with Gasteiger partial charge in [-0.05, 0) is 0 Å². The van der Waals surface area contributed by atoms with Gasteiger partial charge >= 0.3 is 147 Å². The first-order chi connectivity index (χ1) is 12.1. The van der Waals surface area contributed by atoms with E-state index in [1.54, 1.807) is 6.92 Å². The fourth-order valence-electron chi connectivity index (χ4n) is 3.98. The number of carbonyl (C=O) groups is 1. The second kappa shape index (κ2) is 5.77. The quantitative estimate of drug-likeness (QED) is 0.770. The summed E-state index contributed by atoms with van der Waals surface area (Å²) in [6.07, 6.45) is 0. The molecule has 2 aromatic carbocycles. The van der Waals surface area contributed by atoms with Crippen molar-refractivity contribution in [1.29, 1.82) is 0 Å². The third kappa shape index (κ3) is 2.22. The van der Waals surface area contributed by atoms with Crippen LogP contribution >= 0.6 is 7.28 Å². The Hall–Kier alpha value is -2.00. The predicted octanol–water partition coefficient (Wildman–Crippen LogP) is 4.29. The third-order valence-electron chi connectivity index (χ3n) is 4.88. The fraction of sp³-hybridized carbons (Fsp3) is 0.250. The molecule has 1 saturated heterocycles. The zero-order valence-electron chi connectivity index (χ0n) is 14.3. The first kappa shape index (κ1) is 16.5. The van der Waals surface area contributed by atoms with Gasteiger partial charge in [0.1, 0.15) is 0 Å². The number of carbonyl (C=O) groups excluding carboxylic acids is 1. The van der Waals surface area contributed by atoms with Crippen LogP contribution < -0.4 is 5.30 Å². The van der Waals surface area contributed by atoms with Crippen molar-refractivity contribution >= 4 is 18.4 Å². The molecule has 1 spiro atoms. The van der Waals surface area contributed by atoms with Crippen molar-refractivity contribution in [3.8, 4) is 0 Å². The Morgan fingerprint density at radius 3 is 2.08 bits per heavy atom. The van der Waals surface area contributed by atoms with Gasteiger partial charge in [-0.15, -0.1) is 0 Å². The molecule has 1 atom stereocenters. The Morgan fingerprint density at radius 1 is 0.960 bits per heavy atom. The second-order valence-electron chi connectivity index (χ2n) is 6.38. The number of rotatable bonds is 3. The van der Waals surface area contributed by atoms with E-state index in [4.69, 9.17) is 13.6 Å². The molecule has 0 aromatic heterocycles. The van der Waals surface area contributed by atoms with Crippen molar-refractivity contribution in [2.75, 3.05) is 13.2 Å². The molecule has 2 aliphatic rings. The van der Waals surface area contributed by atoms with Crippen LogP contribution in [0.5, 0.6) is 0 Å². The number of hydrogen-bond donors (Lipinski definition) is 0. The van der Waals surface area contributed by atoms with Crippen LogP contribution in [0.15, 0.2) is 72.0 Å². The van der Waals surface area contributed by atoms with E-state index < -0.39 is 7.28 Å². The van der Waals surface area contributed by atoms with Crippen LogP contribution in [0.2, 0.25) is 0 Å². The van der Waals surface area contributed by atoms with E-state index in [0.717, 1.165) is 10.9 Å². The second-order valence-corrected chi connectivity index (χ2v) is 9.99. The van der Waals surface area contributed by atoms with E-state index in [-0.39, 0.29) is 11.4 Å². The Labute approximate surface area is 147 Å². The van der Waals surface area contributed by atoms with Crippen LogP contribution in [-0.2, 0) is 18.4 Å². The molecule has 0 amide bonds. The number of benzene rings is 2. The molecule has 0 radical (unpaired) electrons.